The van der Waals surface area contributed by atoms with Gasteiger partial charge in [-0.25, -0.2) is 4.79 Å². The van der Waals surface area contributed by atoms with E-state index in [-0.39, 0.29) is 5.92 Å². The molecule has 0 radical (unpaired) electrons. The Labute approximate surface area is 105 Å². The van der Waals surface area contributed by atoms with Crippen molar-refractivity contribution in [3.63, 3.8) is 0 Å². The highest BCUT2D eigenvalue weighted by molar-refractivity contribution is 5.88. The number of hydrogen-bond donors (Lipinski definition) is 1. The van der Waals surface area contributed by atoms with Crippen LogP contribution in [0.25, 0.3) is 10.8 Å². The predicted octanol–water partition coefficient (Wildman–Crippen LogP) is 3.08. The van der Waals surface area contributed by atoms with Crippen molar-refractivity contribution < 1.29 is 14.6 Å². The van der Waals surface area contributed by atoms with E-state index in [2.05, 4.69) is 0 Å². The van der Waals surface area contributed by atoms with Gasteiger partial charge in [0.1, 0.15) is 5.75 Å². The van der Waals surface area contributed by atoms with Gasteiger partial charge >= 0.3 is 5.97 Å². The minimum absolute atomic E-state index is 0.168. The summed E-state index contributed by atoms with van der Waals surface area (Å²) in [6.07, 6.45) is 1.18. The van der Waals surface area contributed by atoms with E-state index in [1.165, 1.54) is 0 Å². The first-order valence-electron chi connectivity index (χ1n) is 6.13. The largest absolute Gasteiger partial charge is 0.478 e. The molecule has 2 aromatic carbocycles. The van der Waals surface area contributed by atoms with E-state index in [0.717, 1.165) is 23.6 Å². The molecule has 1 unspecified atom stereocenters. The summed E-state index contributed by atoms with van der Waals surface area (Å²) in [7, 11) is 0. The third kappa shape index (κ3) is 2.04. The molecule has 0 bridgehead atoms. The normalized spacial score (nSPS) is 16.4. The number of benzene rings is 2. The predicted molar refractivity (Wildman–Crippen MR) is 68.7 cm³/mol. The maximum atomic E-state index is 11.2. The van der Waals surface area contributed by atoms with Crippen LogP contribution in [0, 0.1) is 5.92 Å². The molecule has 0 spiro atoms. The topological polar surface area (TPSA) is 46.5 Å². The standard InChI is InChI=1S/C15H14O3/c16-15(17)14(11-8-9-11)18-13-7-3-5-10-4-1-2-6-12(10)13/h1-7,11,14H,8-9H2,(H,16,17). The molecule has 1 saturated carbocycles. The molecule has 92 valence electrons. The van der Waals surface area contributed by atoms with Crippen molar-refractivity contribution >= 4 is 16.7 Å². The summed E-state index contributed by atoms with van der Waals surface area (Å²) >= 11 is 0. The maximum Gasteiger partial charge on any atom is 0.345 e. The maximum absolute atomic E-state index is 11.2. The Morgan fingerprint density at radius 3 is 2.61 bits per heavy atom. The number of aliphatic carboxylic acids is 1. The second-order valence-corrected chi connectivity index (χ2v) is 4.69. The Balaban J connectivity index is 1.96. The van der Waals surface area contributed by atoms with Crippen LogP contribution in [0.4, 0.5) is 0 Å². The lowest BCUT2D eigenvalue weighted by Gasteiger charge is -2.15. The lowest BCUT2D eigenvalue weighted by molar-refractivity contribution is -0.146. The van der Waals surface area contributed by atoms with Crippen LogP contribution < -0.4 is 4.74 Å². The molecule has 0 saturated heterocycles. The molecular formula is C15H14O3. The fourth-order valence-electron chi connectivity index (χ4n) is 2.18. The van der Waals surface area contributed by atoms with Crippen LogP contribution in [-0.2, 0) is 4.79 Å². The van der Waals surface area contributed by atoms with Crippen LogP contribution in [0.2, 0.25) is 0 Å². The first-order valence-corrected chi connectivity index (χ1v) is 6.13. The average Bonchev–Trinajstić information content (AvgIpc) is 3.20. The second kappa shape index (κ2) is 4.33. The van der Waals surface area contributed by atoms with Gasteiger partial charge in [0.05, 0.1) is 0 Å². The van der Waals surface area contributed by atoms with Crippen LogP contribution in [0.3, 0.4) is 0 Å². The summed E-state index contributed by atoms with van der Waals surface area (Å²) in [6, 6.07) is 13.6. The first kappa shape index (κ1) is 11.1. The number of fused-ring (bicyclic) bond motifs is 1. The quantitative estimate of drug-likeness (QED) is 0.896. The van der Waals surface area contributed by atoms with Gasteiger partial charge in [-0.1, -0.05) is 36.4 Å². The Hall–Kier alpha value is -2.03. The number of carboxylic acid groups (broad SMARTS) is 1. The molecular weight excluding hydrogens is 228 g/mol. The fourth-order valence-corrected chi connectivity index (χ4v) is 2.18. The fraction of sp³-hybridized carbons (Fsp3) is 0.267. The minimum Gasteiger partial charge on any atom is -0.478 e. The van der Waals surface area contributed by atoms with Gasteiger partial charge in [0.2, 0.25) is 0 Å². The van der Waals surface area contributed by atoms with Gasteiger partial charge in [-0.3, -0.25) is 0 Å². The van der Waals surface area contributed by atoms with Crippen molar-refractivity contribution in [2.24, 2.45) is 5.92 Å². The summed E-state index contributed by atoms with van der Waals surface area (Å²) in [5.41, 5.74) is 0. The van der Waals surface area contributed by atoms with Gasteiger partial charge in [0, 0.05) is 11.3 Å². The highest BCUT2D eigenvalue weighted by atomic mass is 16.5. The molecule has 0 aliphatic heterocycles. The number of carbonyl (C=O) groups is 1. The van der Waals surface area contributed by atoms with Gasteiger partial charge in [0.15, 0.2) is 6.10 Å². The summed E-state index contributed by atoms with van der Waals surface area (Å²) in [6.45, 7) is 0. The Morgan fingerprint density at radius 2 is 1.89 bits per heavy atom. The summed E-state index contributed by atoms with van der Waals surface area (Å²) in [5, 5.41) is 11.2. The molecule has 1 N–H and O–H groups in total. The smallest absolute Gasteiger partial charge is 0.345 e. The zero-order valence-corrected chi connectivity index (χ0v) is 9.87. The third-order valence-electron chi connectivity index (χ3n) is 3.30. The number of ether oxygens (including phenoxy) is 1. The van der Waals surface area contributed by atoms with Crippen molar-refractivity contribution in [2.75, 3.05) is 0 Å². The number of carboxylic acids is 1. The molecule has 3 nitrogen and oxygen atoms in total. The van der Waals surface area contributed by atoms with Gasteiger partial charge < -0.3 is 9.84 Å². The molecule has 1 aliphatic rings. The Kier molecular flexibility index (Phi) is 2.67. The van der Waals surface area contributed by atoms with Crippen molar-refractivity contribution in [1.29, 1.82) is 0 Å². The Morgan fingerprint density at radius 1 is 1.17 bits per heavy atom. The van der Waals surface area contributed by atoms with Gasteiger partial charge in [0.25, 0.3) is 0 Å². The van der Waals surface area contributed by atoms with Gasteiger partial charge in [-0.05, 0) is 24.3 Å². The molecule has 1 fully saturated rings. The van der Waals surface area contributed by atoms with E-state index in [9.17, 15) is 9.90 Å². The number of rotatable bonds is 4. The van der Waals surface area contributed by atoms with E-state index < -0.39 is 12.1 Å². The summed E-state index contributed by atoms with van der Waals surface area (Å²) in [4.78, 5) is 11.2. The van der Waals surface area contributed by atoms with Crippen molar-refractivity contribution in [1.82, 2.24) is 0 Å². The molecule has 0 aromatic heterocycles. The SMILES string of the molecule is O=C(O)C(Oc1cccc2ccccc12)C1CC1. The van der Waals surface area contributed by atoms with E-state index in [0.29, 0.717) is 5.75 Å². The molecule has 2 aromatic rings. The molecule has 3 rings (SSSR count). The lowest BCUT2D eigenvalue weighted by atomic mass is 10.1. The highest BCUT2D eigenvalue weighted by Gasteiger charge is 2.38. The molecule has 3 heteroatoms. The van der Waals surface area contributed by atoms with Crippen LogP contribution in [0.5, 0.6) is 5.75 Å². The van der Waals surface area contributed by atoms with Crippen LogP contribution in [0.15, 0.2) is 42.5 Å². The van der Waals surface area contributed by atoms with Gasteiger partial charge in [-0.15, -0.1) is 0 Å². The Bertz CT molecular complexity index is 582. The van der Waals surface area contributed by atoms with Crippen molar-refractivity contribution in [3.8, 4) is 5.75 Å². The number of hydrogen-bond acceptors (Lipinski definition) is 2. The highest BCUT2D eigenvalue weighted by Crippen LogP contribution is 2.36. The van der Waals surface area contributed by atoms with Gasteiger partial charge in [-0.2, -0.15) is 0 Å². The zero-order valence-electron chi connectivity index (χ0n) is 9.87. The van der Waals surface area contributed by atoms with Crippen LogP contribution >= 0.6 is 0 Å². The second-order valence-electron chi connectivity index (χ2n) is 4.69. The molecule has 18 heavy (non-hydrogen) atoms. The van der Waals surface area contributed by atoms with Crippen LogP contribution in [0.1, 0.15) is 12.8 Å². The third-order valence-corrected chi connectivity index (χ3v) is 3.30. The summed E-state index contributed by atoms with van der Waals surface area (Å²) in [5.74, 6) is -0.0423. The molecule has 0 heterocycles. The van der Waals surface area contributed by atoms with E-state index in [1.807, 2.05) is 42.5 Å². The van der Waals surface area contributed by atoms with E-state index in [1.54, 1.807) is 0 Å². The first-order chi connectivity index (χ1) is 8.75. The summed E-state index contributed by atoms with van der Waals surface area (Å²) < 4.78 is 5.71. The average molecular weight is 242 g/mol. The molecule has 1 atom stereocenters. The van der Waals surface area contributed by atoms with E-state index in [4.69, 9.17) is 4.74 Å². The van der Waals surface area contributed by atoms with Crippen molar-refractivity contribution in [3.05, 3.63) is 42.5 Å². The lowest BCUT2D eigenvalue weighted by Crippen LogP contribution is -2.29. The molecule has 1 aliphatic carbocycles. The zero-order chi connectivity index (χ0) is 12.5. The van der Waals surface area contributed by atoms with Crippen LogP contribution in [-0.4, -0.2) is 17.2 Å². The minimum atomic E-state index is -0.870. The monoisotopic (exact) mass is 242 g/mol. The molecule has 0 amide bonds. The van der Waals surface area contributed by atoms with E-state index >= 15 is 0 Å². The van der Waals surface area contributed by atoms with Crippen molar-refractivity contribution in [2.45, 2.75) is 18.9 Å².